The van der Waals surface area contributed by atoms with Crippen LogP contribution in [-0.2, 0) is 4.79 Å². The van der Waals surface area contributed by atoms with Crippen molar-refractivity contribution in [1.29, 1.82) is 0 Å². The molecule has 22 heavy (non-hydrogen) atoms. The average Bonchev–Trinajstić information content (AvgIpc) is 2.57. The molecule has 3 heteroatoms. The molecule has 0 aromatic heterocycles. The Hall–Kier alpha value is -0.960. The van der Waals surface area contributed by atoms with E-state index in [0.717, 1.165) is 44.5 Å². The van der Waals surface area contributed by atoms with Crippen LogP contribution in [0.4, 0.5) is 0 Å². The summed E-state index contributed by atoms with van der Waals surface area (Å²) < 4.78 is 0. The van der Waals surface area contributed by atoms with Crippen molar-refractivity contribution in [3.05, 3.63) is 30.3 Å². The molecule has 0 aliphatic heterocycles. The summed E-state index contributed by atoms with van der Waals surface area (Å²) in [6, 6.07) is 10.5. The van der Waals surface area contributed by atoms with E-state index in [1.807, 2.05) is 22.7 Å². The van der Waals surface area contributed by atoms with Gasteiger partial charge >= 0.3 is 0 Å². The standard InChI is InChI=1S/C19H31NOS/c1-5-15-20(8-4)18(21)19(6-2,7-3)14-16-22-17-12-10-9-11-13-17/h9-13H,5-8,14-16H2,1-4H3. The summed E-state index contributed by atoms with van der Waals surface area (Å²) in [7, 11) is 0. The molecule has 0 radical (unpaired) electrons. The van der Waals surface area contributed by atoms with E-state index in [1.54, 1.807) is 0 Å². The molecule has 0 saturated heterocycles. The number of rotatable bonds is 10. The lowest BCUT2D eigenvalue weighted by Crippen LogP contribution is -2.44. The first-order valence-electron chi connectivity index (χ1n) is 8.60. The van der Waals surface area contributed by atoms with Crippen LogP contribution in [-0.4, -0.2) is 29.6 Å². The van der Waals surface area contributed by atoms with E-state index in [2.05, 4.69) is 52.0 Å². The fourth-order valence-electron chi connectivity index (χ4n) is 2.90. The van der Waals surface area contributed by atoms with Crippen LogP contribution in [0.2, 0.25) is 0 Å². The van der Waals surface area contributed by atoms with Crippen LogP contribution in [0.5, 0.6) is 0 Å². The van der Waals surface area contributed by atoms with Gasteiger partial charge in [0, 0.05) is 23.4 Å². The van der Waals surface area contributed by atoms with Crippen LogP contribution < -0.4 is 0 Å². The van der Waals surface area contributed by atoms with Crippen molar-refractivity contribution in [3.8, 4) is 0 Å². The van der Waals surface area contributed by atoms with Crippen molar-refractivity contribution < 1.29 is 4.79 Å². The minimum Gasteiger partial charge on any atom is -0.343 e. The van der Waals surface area contributed by atoms with E-state index in [9.17, 15) is 4.79 Å². The maximum atomic E-state index is 13.0. The van der Waals surface area contributed by atoms with Crippen molar-refractivity contribution >= 4 is 17.7 Å². The minimum absolute atomic E-state index is 0.188. The smallest absolute Gasteiger partial charge is 0.228 e. The van der Waals surface area contributed by atoms with Crippen LogP contribution in [0.15, 0.2) is 35.2 Å². The third kappa shape index (κ3) is 5.05. The average molecular weight is 322 g/mol. The van der Waals surface area contributed by atoms with Gasteiger partial charge in [0.2, 0.25) is 5.91 Å². The third-order valence-corrected chi connectivity index (χ3v) is 5.58. The van der Waals surface area contributed by atoms with Gasteiger partial charge in [-0.25, -0.2) is 0 Å². The molecule has 2 nitrogen and oxygen atoms in total. The molecular weight excluding hydrogens is 290 g/mol. The predicted molar refractivity (Wildman–Crippen MR) is 97.3 cm³/mol. The van der Waals surface area contributed by atoms with Gasteiger partial charge in [0.25, 0.3) is 0 Å². The summed E-state index contributed by atoms with van der Waals surface area (Å²) in [6.07, 6.45) is 3.84. The lowest BCUT2D eigenvalue weighted by atomic mass is 9.78. The molecule has 0 atom stereocenters. The predicted octanol–water partition coefficient (Wildman–Crippen LogP) is 5.23. The highest BCUT2D eigenvalue weighted by molar-refractivity contribution is 7.99. The molecule has 0 unspecified atom stereocenters. The summed E-state index contributed by atoms with van der Waals surface area (Å²) in [6.45, 7) is 10.2. The summed E-state index contributed by atoms with van der Waals surface area (Å²) in [4.78, 5) is 16.3. The molecule has 1 aromatic rings. The second kappa shape index (κ2) is 9.94. The van der Waals surface area contributed by atoms with Gasteiger partial charge in [0.1, 0.15) is 0 Å². The zero-order valence-corrected chi connectivity index (χ0v) is 15.4. The fourth-order valence-corrected chi connectivity index (χ4v) is 3.98. The molecule has 0 saturated carbocycles. The lowest BCUT2D eigenvalue weighted by Gasteiger charge is -2.35. The molecular formula is C19H31NOS. The number of amides is 1. The number of hydrogen-bond donors (Lipinski definition) is 0. The Morgan fingerprint density at radius 3 is 2.23 bits per heavy atom. The van der Waals surface area contributed by atoms with Gasteiger partial charge in [-0.05, 0) is 50.5 Å². The normalized spacial score (nSPS) is 11.5. The Kier molecular flexibility index (Phi) is 8.62. The molecule has 1 rings (SSSR count). The lowest BCUT2D eigenvalue weighted by molar-refractivity contribution is -0.142. The van der Waals surface area contributed by atoms with Crippen LogP contribution in [0, 0.1) is 5.41 Å². The Morgan fingerprint density at radius 1 is 1.09 bits per heavy atom. The van der Waals surface area contributed by atoms with Gasteiger partial charge in [0.15, 0.2) is 0 Å². The summed E-state index contributed by atoms with van der Waals surface area (Å²) >= 11 is 1.86. The molecule has 0 spiro atoms. The maximum absolute atomic E-state index is 13.0. The molecule has 1 aromatic carbocycles. The van der Waals surface area contributed by atoms with Crippen LogP contribution in [0.1, 0.15) is 53.4 Å². The summed E-state index contributed by atoms with van der Waals surface area (Å²) in [5.41, 5.74) is -0.188. The highest BCUT2D eigenvalue weighted by Crippen LogP contribution is 2.35. The van der Waals surface area contributed by atoms with Gasteiger partial charge in [-0.1, -0.05) is 39.0 Å². The minimum atomic E-state index is -0.188. The van der Waals surface area contributed by atoms with Gasteiger partial charge in [-0.15, -0.1) is 11.8 Å². The highest BCUT2D eigenvalue weighted by atomic mass is 32.2. The molecule has 0 aliphatic carbocycles. The van der Waals surface area contributed by atoms with Crippen molar-refractivity contribution in [3.63, 3.8) is 0 Å². The first-order chi connectivity index (χ1) is 10.6. The van der Waals surface area contributed by atoms with Gasteiger partial charge in [-0.3, -0.25) is 4.79 Å². The summed E-state index contributed by atoms with van der Waals surface area (Å²) in [5, 5.41) is 0. The molecule has 0 heterocycles. The zero-order valence-electron chi connectivity index (χ0n) is 14.6. The third-order valence-electron chi connectivity index (χ3n) is 4.56. The Balaban J connectivity index is 2.71. The quantitative estimate of drug-likeness (QED) is 0.550. The van der Waals surface area contributed by atoms with E-state index >= 15 is 0 Å². The molecule has 0 N–H and O–H groups in total. The first-order valence-corrected chi connectivity index (χ1v) is 9.59. The van der Waals surface area contributed by atoms with Gasteiger partial charge in [-0.2, -0.15) is 0 Å². The van der Waals surface area contributed by atoms with Crippen molar-refractivity contribution in [2.45, 2.75) is 58.3 Å². The second-order valence-corrected chi connectivity index (χ2v) is 6.95. The molecule has 0 fully saturated rings. The topological polar surface area (TPSA) is 20.3 Å². The van der Waals surface area contributed by atoms with Gasteiger partial charge in [0.05, 0.1) is 0 Å². The number of hydrogen-bond acceptors (Lipinski definition) is 2. The Morgan fingerprint density at radius 2 is 1.73 bits per heavy atom. The van der Waals surface area contributed by atoms with Crippen LogP contribution in [0.25, 0.3) is 0 Å². The number of nitrogens with zero attached hydrogens (tertiary/aromatic N) is 1. The van der Waals surface area contributed by atoms with Crippen LogP contribution in [0.3, 0.4) is 0 Å². The van der Waals surface area contributed by atoms with E-state index in [0.29, 0.717) is 5.91 Å². The van der Waals surface area contributed by atoms with E-state index in [4.69, 9.17) is 0 Å². The largest absolute Gasteiger partial charge is 0.343 e. The number of carbonyl (C=O) groups excluding carboxylic acids is 1. The molecule has 1 amide bonds. The number of carbonyl (C=O) groups is 1. The van der Waals surface area contributed by atoms with Crippen molar-refractivity contribution in [2.75, 3.05) is 18.8 Å². The fraction of sp³-hybridized carbons (Fsp3) is 0.632. The molecule has 0 aliphatic rings. The van der Waals surface area contributed by atoms with E-state index in [-0.39, 0.29) is 5.41 Å². The van der Waals surface area contributed by atoms with Crippen molar-refractivity contribution in [2.24, 2.45) is 5.41 Å². The zero-order chi connectivity index (χ0) is 16.4. The monoisotopic (exact) mass is 321 g/mol. The SMILES string of the molecule is CCCN(CC)C(=O)C(CC)(CC)CCSc1ccccc1. The van der Waals surface area contributed by atoms with Gasteiger partial charge < -0.3 is 4.90 Å². The second-order valence-electron chi connectivity index (χ2n) is 5.78. The molecule has 124 valence electrons. The van der Waals surface area contributed by atoms with Crippen LogP contribution >= 0.6 is 11.8 Å². The van der Waals surface area contributed by atoms with Crippen molar-refractivity contribution in [1.82, 2.24) is 4.90 Å². The summed E-state index contributed by atoms with van der Waals surface area (Å²) in [5.74, 6) is 1.36. The Labute approximate surface area is 140 Å². The van der Waals surface area contributed by atoms with E-state index in [1.165, 1.54) is 4.90 Å². The first kappa shape index (κ1) is 19.1. The van der Waals surface area contributed by atoms with E-state index < -0.39 is 0 Å². The number of thioether (sulfide) groups is 1. The molecule has 0 bridgehead atoms. The Bertz CT molecular complexity index is 428. The maximum Gasteiger partial charge on any atom is 0.228 e. The number of benzene rings is 1. The highest BCUT2D eigenvalue weighted by Gasteiger charge is 2.36.